The number of rotatable bonds is 5. The second kappa shape index (κ2) is 10.6. The fourth-order valence-electron chi connectivity index (χ4n) is 6.18. The molecular formula is C29H35FN6O3. The Hall–Kier alpha value is -3.53. The Morgan fingerprint density at radius 2 is 1.67 bits per heavy atom. The van der Waals surface area contributed by atoms with Crippen molar-refractivity contribution in [2.75, 3.05) is 51.3 Å². The molecule has 0 radical (unpaired) electrons. The minimum absolute atomic E-state index is 0.149. The number of carbonyl (C=O) groups is 2. The summed E-state index contributed by atoms with van der Waals surface area (Å²) in [5.41, 5.74) is 3.52. The zero-order valence-corrected chi connectivity index (χ0v) is 22.6. The molecule has 0 bridgehead atoms. The maximum Gasteiger partial charge on any atom is 0.356 e. The van der Waals surface area contributed by atoms with E-state index in [1.165, 1.54) is 25.7 Å². The highest BCUT2D eigenvalue weighted by Gasteiger charge is 2.33. The third-order valence-corrected chi connectivity index (χ3v) is 8.68. The lowest BCUT2D eigenvalue weighted by molar-refractivity contribution is -0.130. The van der Waals surface area contributed by atoms with Gasteiger partial charge in [0.05, 0.1) is 29.6 Å². The molecule has 0 N–H and O–H groups in total. The number of amides is 1. The third-order valence-electron chi connectivity index (χ3n) is 8.68. The monoisotopic (exact) mass is 534 g/mol. The Morgan fingerprint density at radius 3 is 2.26 bits per heavy atom. The van der Waals surface area contributed by atoms with E-state index < -0.39 is 5.97 Å². The lowest BCUT2D eigenvalue weighted by Crippen LogP contribution is -2.54. The Bertz CT molecular complexity index is 1370. The van der Waals surface area contributed by atoms with E-state index in [-0.39, 0.29) is 17.4 Å². The van der Waals surface area contributed by atoms with Crippen molar-refractivity contribution in [3.63, 3.8) is 0 Å². The number of fused-ring (bicyclic) bond motifs is 1. The van der Waals surface area contributed by atoms with Crippen LogP contribution in [-0.4, -0.2) is 88.9 Å². The summed E-state index contributed by atoms with van der Waals surface area (Å²) in [5, 5.41) is 5.99. The van der Waals surface area contributed by atoms with Gasteiger partial charge in [-0.3, -0.25) is 9.69 Å². The second-order valence-corrected chi connectivity index (χ2v) is 10.9. The Labute approximate surface area is 227 Å². The van der Waals surface area contributed by atoms with Gasteiger partial charge in [0.2, 0.25) is 5.91 Å². The van der Waals surface area contributed by atoms with Gasteiger partial charge in [-0.05, 0) is 56.0 Å². The number of carbonyl (C=O) groups excluding carboxylic acids is 2. The Morgan fingerprint density at radius 1 is 0.974 bits per heavy atom. The first-order valence-corrected chi connectivity index (χ1v) is 14.0. The highest BCUT2D eigenvalue weighted by molar-refractivity contribution is 5.99. The molecule has 3 aromatic rings. The first-order chi connectivity index (χ1) is 18.9. The summed E-state index contributed by atoms with van der Waals surface area (Å²) in [6.07, 6.45) is 5.32. The summed E-state index contributed by atoms with van der Waals surface area (Å²) in [4.78, 5) is 36.0. The van der Waals surface area contributed by atoms with E-state index in [0.29, 0.717) is 23.3 Å². The van der Waals surface area contributed by atoms with Crippen molar-refractivity contribution in [2.45, 2.75) is 51.0 Å². The predicted octanol–water partition coefficient (Wildman–Crippen LogP) is 3.75. The molecule has 0 spiro atoms. The lowest BCUT2D eigenvalue weighted by Gasteiger charge is -2.43. The van der Waals surface area contributed by atoms with Gasteiger partial charge in [-0.15, -0.1) is 0 Å². The van der Waals surface area contributed by atoms with Crippen LogP contribution in [0.3, 0.4) is 0 Å². The molecule has 206 valence electrons. The minimum Gasteiger partial charge on any atom is -0.464 e. The number of nitrogens with zero attached hydrogens (tertiary/aromatic N) is 6. The van der Waals surface area contributed by atoms with Crippen molar-refractivity contribution in [3.8, 4) is 5.69 Å². The summed E-state index contributed by atoms with van der Waals surface area (Å²) < 4.78 is 20.5. The molecule has 6 rings (SSSR count). The third kappa shape index (κ3) is 4.86. The zero-order valence-electron chi connectivity index (χ0n) is 22.6. The topological polar surface area (TPSA) is 83.8 Å². The van der Waals surface area contributed by atoms with E-state index in [1.54, 1.807) is 23.7 Å². The molecule has 2 saturated heterocycles. The minimum atomic E-state index is -0.492. The highest BCUT2D eigenvalue weighted by atomic mass is 19.1. The van der Waals surface area contributed by atoms with Crippen LogP contribution in [0.1, 0.15) is 61.1 Å². The van der Waals surface area contributed by atoms with E-state index in [0.717, 1.165) is 81.7 Å². The van der Waals surface area contributed by atoms with Crippen LogP contribution in [0.4, 0.5) is 10.1 Å². The van der Waals surface area contributed by atoms with Gasteiger partial charge < -0.3 is 14.5 Å². The van der Waals surface area contributed by atoms with E-state index in [9.17, 15) is 14.0 Å². The van der Waals surface area contributed by atoms with E-state index >= 15 is 0 Å². The number of anilines is 1. The van der Waals surface area contributed by atoms with Crippen molar-refractivity contribution in [1.82, 2.24) is 24.6 Å². The average Bonchev–Trinajstić information content (AvgIpc) is 3.30. The van der Waals surface area contributed by atoms with Crippen molar-refractivity contribution in [3.05, 3.63) is 47.5 Å². The number of aromatic nitrogens is 3. The summed E-state index contributed by atoms with van der Waals surface area (Å²) in [7, 11) is 1.36. The maximum atomic E-state index is 13.7. The van der Waals surface area contributed by atoms with Crippen LogP contribution in [-0.2, 0) is 9.53 Å². The summed E-state index contributed by atoms with van der Waals surface area (Å²) in [6, 6.07) is 8.54. The number of benzene rings is 1. The second-order valence-electron chi connectivity index (χ2n) is 10.9. The zero-order chi connectivity index (χ0) is 27.1. The number of ether oxygens (including phenoxy) is 1. The van der Waals surface area contributed by atoms with Gasteiger partial charge in [0.1, 0.15) is 5.82 Å². The summed E-state index contributed by atoms with van der Waals surface area (Å²) in [6.45, 7) is 6.74. The Balaban J connectivity index is 1.35. The molecule has 1 aromatic carbocycles. The predicted molar refractivity (Wildman–Crippen MR) is 146 cm³/mol. The standard InChI is InChI=1S/C29H35FN6O3/c1-19(37)33-14-16-34(17-15-33)22-10-12-35(13-11-22)25-18-24(29(38)39-2)31-28-26(25)27(20-4-3-5-20)32-36(28)23-8-6-21(30)7-9-23/h6-9,18,20,22H,3-5,10-17H2,1-2H3. The SMILES string of the molecule is COC(=O)c1cc(N2CCC(N3CCN(C(C)=O)CC3)CC2)c2c(C3CCC3)nn(-c3ccc(F)cc3)c2n1. The van der Waals surface area contributed by atoms with Crippen molar-refractivity contribution < 1.29 is 18.7 Å². The van der Waals surface area contributed by atoms with Gasteiger partial charge in [0, 0.05) is 58.2 Å². The van der Waals surface area contributed by atoms with Crippen LogP contribution >= 0.6 is 0 Å². The van der Waals surface area contributed by atoms with Gasteiger partial charge in [0.25, 0.3) is 0 Å². The van der Waals surface area contributed by atoms with Crippen LogP contribution in [0, 0.1) is 5.82 Å². The number of piperidine rings is 1. The van der Waals surface area contributed by atoms with E-state index in [1.807, 2.05) is 11.0 Å². The van der Waals surface area contributed by atoms with Crippen LogP contribution < -0.4 is 4.90 Å². The van der Waals surface area contributed by atoms with Gasteiger partial charge in [-0.1, -0.05) is 6.42 Å². The normalized spacial score (nSPS) is 19.4. The molecule has 2 aromatic heterocycles. The van der Waals surface area contributed by atoms with Crippen LogP contribution in [0.15, 0.2) is 30.3 Å². The molecule has 0 unspecified atom stereocenters. The van der Waals surface area contributed by atoms with Crippen LogP contribution in [0.2, 0.25) is 0 Å². The van der Waals surface area contributed by atoms with Gasteiger partial charge >= 0.3 is 5.97 Å². The molecule has 4 heterocycles. The van der Waals surface area contributed by atoms with Crippen molar-refractivity contribution >= 4 is 28.6 Å². The molecule has 1 saturated carbocycles. The fourth-order valence-corrected chi connectivity index (χ4v) is 6.18. The van der Waals surface area contributed by atoms with Crippen LogP contribution in [0.5, 0.6) is 0 Å². The molecule has 9 nitrogen and oxygen atoms in total. The summed E-state index contributed by atoms with van der Waals surface area (Å²) in [5.74, 6) is -0.317. The van der Waals surface area contributed by atoms with E-state index in [2.05, 4.69) is 9.80 Å². The lowest BCUT2D eigenvalue weighted by atomic mass is 9.82. The molecule has 2 aliphatic heterocycles. The number of pyridine rings is 1. The first-order valence-electron chi connectivity index (χ1n) is 14.0. The number of piperazine rings is 1. The number of hydrogen-bond donors (Lipinski definition) is 0. The maximum absolute atomic E-state index is 13.7. The number of halogens is 1. The largest absolute Gasteiger partial charge is 0.464 e. The smallest absolute Gasteiger partial charge is 0.356 e. The average molecular weight is 535 g/mol. The van der Waals surface area contributed by atoms with Gasteiger partial charge in [-0.2, -0.15) is 5.10 Å². The van der Waals surface area contributed by atoms with Gasteiger partial charge in [-0.25, -0.2) is 18.9 Å². The van der Waals surface area contributed by atoms with Crippen LogP contribution in [0.25, 0.3) is 16.7 Å². The number of hydrogen-bond acceptors (Lipinski definition) is 7. The molecule has 0 atom stereocenters. The quantitative estimate of drug-likeness (QED) is 0.461. The number of esters is 1. The number of methoxy groups -OCH3 is 1. The Kier molecular flexibility index (Phi) is 6.97. The first kappa shape index (κ1) is 25.7. The molecule has 39 heavy (non-hydrogen) atoms. The molecule has 1 amide bonds. The summed E-state index contributed by atoms with van der Waals surface area (Å²) >= 11 is 0. The van der Waals surface area contributed by atoms with Crippen molar-refractivity contribution in [1.29, 1.82) is 0 Å². The fraction of sp³-hybridized carbons (Fsp3) is 0.517. The van der Waals surface area contributed by atoms with Gasteiger partial charge in [0.15, 0.2) is 11.3 Å². The highest BCUT2D eigenvalue weighted by Crippen LogP contribution is 2.43. The van der Waals surface area contributed by atoms with E-state index in [4.69, 9.17) is 14.8 Å². The molecule has 3 fully saturated rings. The molecule has 3 aliphatic rings. The molecule has 1 aliphatic carbocycles. The molecular weight excluding hydrogens is 499 g/mol. The van der Waals surface area contributed by atoms with Crippen molar-refractivity contribution in [2.24, 2.45) is 0 Å². The molecule has 10 heteroatoms.